The third kappa shape index (κ3) is 4.16. The second-order valence-electron chi connectivity index (χ2n) is 6.78. The Balaban J connectivity index is 1.90. The van der Waals surface area contributed by atoms with Crippen molar-refractivity contribution in [3.8, 4) is 0 Å². The van der Waals surface area contributed by atoms with Crippen molar-refractivity contribution in [1.82, 2.24) is 5.06 Å². The summed E-state index contributed by atoms with van der Waals surface area (Å²) in [6.45, 7) is 1.36. The summed E-state index contributed by atoms with van der Waals surface area (Å²) in [4.78, 5) is 18.1. The van der Waals surface area contributed by atoms with Crippen molar-refractivity contribution in [1.29, 1.82) is 0 Å². The normalized spacial score (nSPS) is 19.4. The Hall–Kier alpha value is -1.70. The molecule has 1 saturated heterocycles. The van der Waals surface area contributed by atoms with E-state index in [9.17, 15) is 13.2 Å². The van der Waals surface area contributed by atoms with Gasteiger partial charge in [0.2, 0.25) is 0 Å². The van der Waals surface area contributed by atoms with E-state index in [0.29, 0.717) is 29.2 Å². The molecule has 0 spiro atoms. The Bertz CT molecular complexity index is 775. The molecule has 0 atom stereocenters. The molecule has 0 bridgehead atoms. The number of nitrogens with zero attached hydrogens (tertiary/aromatic N) is 1. The number of hydroxylamine groups is 2. The van der Waals surface area contributed by atoms with E-state index >= 15 is 0 Å². The predicted octanol–water partition coefficient (Wildman–Crippen LogP) is 2.45. The molecule has 1 aromatic rings. The van der Waals surface area contributed by atoms with Crippen LogP contribution in [0.15, 0.2) is 35.2 Å². The molecule has 3 rings (SSSR count). The third-order valence-corrected chi connectivity index (χ3v) is 7.19. The van der Waals surface area contributed by atoms with Crippen LogP contribution in [0.5, 0.6) is 0 Å². The molecule has 6 nitrogen and oxygen atoms in total. The molecule has 1 aliphatic carbocycles. The van der Waals surface area contributed by atoms with Crippen LogP contribution in [0.2, 0.25) is 0 Å². The van der Waals surface area contributed by atoms with Gasteiger partial charge in [-0.2, -0.15) is 0 Å². The number of carbonyl (C=O) groups is 1. The van der Waals surface area contributed by atoms with Crippen molar-refractivity contribution in [2.24, 2.45) is 5.92 Å². The van der Waals surface area contributed by atoms with Crippen molar-refractivity contribution >= 4 is 21.3 Å². The van der Waals surface area contributed by atoms with Crippen LogP contribution in [0.1, 0.15) is 31.2 Å². The van der Waals surface area contributed by atoms with Gasteiger partial charge in [0.15, 0.2) is 9.84 Å². The highest BCUT2D eigenvalue weighted by atomic mass is 32.2. The summed E-state index contributed by atoms with van der Waals surface area (Å²) in [6, 6.07) is 6.62. The van der Waals surface area contributed by atoms with Crippen LogP contribution < -0.4 is 0 Å². The number of sulfone groups is 1. The zero-order chi connectivity index (χ0) is 18.7. The van der Waals surface area contributed by atoms with E-state index in [1.54, 1.807) is 31.3 Å². The van der Waals surface area contributed by atoms with Gasteiger partial charge in [0.25, 0.3) is 5.91 Å². The number of allylic oxidation sites excluding steroid dienone is 1. The lowest BCUT2D eigenvalue weighted by Gasteiger charge is -2.22. The van der Waals surface area contributed by atoms with Crippen LogP contribution in [0, 0.1) is 5.92 Å². The molecule has 0 unspecified atom stereocenters. The number of carbonyl (C=O) groups excluding carboxylic acids is 1. The number of likely N-dealkylation sites (N-methyl/N-ethyl adjacent to an activating group) is 1. The Morgan fingerprint density at radius 2 is 1.77 bits per heavy atom. The number of rotatable bonds is 6. The van der Waals surface area contributed by atoms with E-state index in [1.807, 2.05) is 6.08 Å². The summed E-state index contributed by atoms with van der Waals surface area (Å²) in [5, 5.41) is 0.937. The number of amides is 1. The van der Waals surface area contributed by atoms with Crippen molar-refractivity contribution in [2.75, 3.05) is 27.4 Å². The van der Waals surface area contributed by atoms with Crippen LogP contribution in [0.4, 0.5) is 0 Å². The van der Waals surface area contributed by atoms with Gasteiger partial charge in [0.05, 0.1) is 17.3 Å². The average Bonchev–Trinajstić information content (AvgIpc) is 3.52. The van der Waals surface area contributed by atoms with Gasteiger partial charge in [0, 0.05) is 25.8 Å². The van der Waals surface area contributed by atoms with Crippen LogP contribution in [0.25, 0.3) is 5.57 Å². The Labute approximate surface area is 154 Å². The Kier molecular flexibility index (Phi) is 5.79. The minimum Gasteiger partial charge on any atom is -0.381 e. The molecule has 142 valence electrons. The molecule has 7 heteroatoms. The summed E-state index contributed by atoms with van der Waals surface area (Å²) in [5.74, 6) is -0.000351. The SMILES string of the molecule is CON(C)C(=O)/C(=C/C1CCOCC1)c1ccc(S(=O)(=O)C2CC2)cc1. The van der Waals surface area contributed by atoms with E-state index in [0.717, 1.165) is 25.7 Å². The van der Waals surface area contributed by atoms with Crippen LogP contribution in [-0.4, -0.2) is 52.0 Å². The number of hydrogen-bond donors (Lipinski definition) is 0. The van der Waals surface area contributed by atoms with Gasteiger partial charge in [-0.25, -0.2) is 13.5 Å². The van der Waals surface area contributed by atoms with Crippen molar-refractivity contribution in [2.45, 2.75) is 35.8 Å². The minimum atomic E-state index is -3.23. The molecule has 0 radical (unpaired) electrons. The standard InChI is InChI=1S/C19H25NO5S/c1-20(24-2)19(21)18(13-14-9-11-25-12-10-14)15-3-5-16(6-4-15)26(22,23)17-7-8-17/h3-6,13-14,17H,7-12H2,1-2H3/b18-13+. The molecule has 1 aromatic carbocycles. The summed E-state index contributed by atoms with van der Waals surface area (Å²) in [7, 11) is -0.231. The predicted molar refractivity (Wildman–Crippen MR) is 97.9 cm³/mol. The van der Waals surface area contributed by atoms with E-state index in [-0.39, 0.29) is 17.1 Å². The van der Waals surface area contributed by atoms with Crippen molar-refractivity contribution in [3.63, 3.8) is 0 Å². The molecule has 26 heavy (non-hydrogen) atoms. The first-order valence-electron chi connectivity index (χ1n) is 8.89. The fraction of sp³-hybridized carbons (Fsp3) is 0.526. The lowest BCUT2D eigenvalue weighted by Crippen LogP contribution is -2.27. The lowest BCUT2D eigenvalue weighted by molar-refractivity contribution is -0.161. The van der Waals surface area contributed by atoms with Gasteiger partial charge in [-0.1, -0.05) is 18.2 Å². The number of hydrogen-bond acceptors (Lipinski definition) is 5. The van der Waals surface area contributed by atoms with Gasteiger partial charge < -0.3 is 4.74 Å². The minimum absolute atomic E-state index is 0.244. The molecule has 2 fully saturated rings. The van der Waals surface area contributed by atoms with Gasteiger partial charge in [-0.15, -0.1) is 0 Å². The zero-order valence-corrected chi connectivity index (χ0v) is 16.0. The highest BCUT2D eigenvalue weighted by Crippen LogP contribution is 2.34. The van der Waals surface area contributed by atoms with Crippen LogP contribution >= 0.6 is 0 Å². The maximum atomic E-state index is 12.7. The summed E-state index contributed by atoms with van der Waals surface area (Å²) < 4.78 is 30.1. The van der Waals surface area contributed by atoms with E-state index in [2.05, 4.69) is 0 Å². The smallest absolute Gasteiger partial charge is 0.277 e. The molecule has 1 amide bonds. The summed E-state index contributed by atoms with van der Waals surface area (Å²) in [6.07, 6.45) is 5.15. The maximum absolute atomic E-state index is 12.7. The van der Waals surface area contributed by atoms with Gasteiger partial charge >= 0.3 is 0 Å². The highest BCUT2D eigenvalue weighted by Gasteiger charge is 2.36. The first-order chi connectivity index (χ1) is 12.4. The lowest BCUT2D eigenvalue weighted by atomic mass is 9.94. The van der Waals surface area contributed by atoms with Crippen molar-refractivity contribution in [3.05, 3.63) is 35.9 Å². The fourth-order valence-corrected chi connectivity index (χ4v) is 4.71. The average molecular weight is 379 g/mol. The topological polar surface area (TPSA) is 72.9 Å². The van der Waals surface area contributed by atoms with Crippen LogP contribution in [-0.2, 0) is 24.2 Å². The molecular formula is C19H25NO5S. The van der Waals surface area contributed by atoms with E-state index < -0.39 is 9.84 Å². The molecule has 0 aromatic heterocycles. The molecule has 1 saturated carbocycles. The van der Waals surface area contributed by atoms with E-state index in [1.165, 1.54) is 12.2 Å². The third-order valence-electron chi connectivity index (χ3n) is 4.92. The maximum Gasteiger partial charge on any atom is 0.277 e. The second kappa shape index (κ2) is 7.90. The summed E-state index contributed by atoms with van der Waals surface area (Å²) in [5.41, 5.74) is 1.22. The highest BCUT2D eigenvalue weighted by molar-refractivity contribution is 7.92. The Morgan fingerprint density at radius 3 is 2.31 bits per heavy atom. The van der Waals surface area contributed by atoms with Gasteiger partial charge in [-0.05, 0) is 49.3 Å². The monoisotopic (exact) mass is 379 g/mol. The molecule has 2 aliphatic rings. The molecule has 0 N–H and O–H groups in total. The van der Waals surface area contributed by atoms with Crippen LogP contribution in [0.3, 0.4) is 0 Å². The first kappa shape index (κ1) is 19.1. The second-order valence-corrected chi connectivity index (χ2v) is 9.01. The van der Waals surface area contributed by atoms with Gasteiger partial charge in [-0.3, -0.25) is 9.63 Å². The molecule has 1 aliphatic heterocycles. The van der Waals surface area contributed by atoms with E-state index in [4.69, 9.17) is 9.57 Å². The quantitative estimate of drug-likeness (QED) is 0.561. The largest absolute Gasteiger partial charge is 0.381 e. The zero-order valence-electron chi connectivity index (χ0n) is 15.2. The molecular weight excluding hydrogens is 354 g/mol. The summed E-state index contributed by atoms with van der Waals surface area (Å²) >= 11 is 0. The van der Waals surface area contributed by atoms with Gasteiger partial charge in [0.1, 0.15) is 0 Å². The Morgan fingerprint density at radius 1 is 1.15 bits per heavy atom. The van der Waals surface area contributed by atoms with Crippen molar-refractivity contribution < 1.29 is 22.8 Å². The fourth-order valence-electron chi connectivity index (χ4n) is 3.06. The number of ether oxygens (including phenoxy) is 1. The molecule has 1 heterocycles. The first-order valence-corrected chi connectivity index (χ1v) is 10.4. The number of benzene rings is 1.